The predicted molar refractivity (Wildman–Crippen MR) is 99.0 cm³/mol. The molecule has 0 saturated carbocycles. The summed E-state index contributed by atoms with van der Waals surface area (Å²) in [6, 6.07) is 14.1. The lowest BCUT2D eigenvalue weighted by Crippen LogP contribution is -2.29. The Morgan fingerprint density at radius 1 is 1.11 bits per heavy atom. The van der Waals surface area contributed by atoms with Crippen molar-refractivity contribution < 1.29 is 12.8 Å². The van der Waals surface area contributed by atoms with Gasteiger partial charge in [-0.3, -0.25) is 9.29 Å². The van der Waals surface area contributed by atoms with Crippen LogP contribution in [0.1, 0.15) is 11.1 Å². The van der Waals surface area contributed by atoms with Crippen molar-refractivity contribution in [1.82, 2.24) is 4.98 Å². The number of hydrogen-bond donors (Lipinski definition) is 0. The van der Waals surface area contributed by atoms with Gasteiger partial charge in [0.05, 0.1) is 28.4 Å². The Labute approximate surface area is 156 Å². The molecule has 0 atom stereocenters. The topological polar surface area (TPSA) is 74.1 Å². The molecular weight excluding hydrogens is 365 g/mol. The van der Waals surface area contributed by atoms with Gasteiger partial charge in [0, 0.05) is 18.3 Å². The number of sulfonamides is 1. The highest BCUT2D eigenvalue weighted by Crippen LogP contribution is 2.38. The molecule has 7 heteroatoms. The van der Waals surface area contributed by atoms with Crippen molar-refractivity contribution in [3.8, 4) is 17.2 Å². The third-order valence-electron chi connectivity index (χ3n) is 4.58. The van der Waals surface area contributed by atoms with Gasteiger partial charge in [-0.25, -0.2) is 12.8 Å². The van der Waals surface area contributed by atoms with Crippen molar-refractivity contribution in [3.05, 3.63) is 77.9 Å². The van der Waals surface area contributed by atoms with Gasteiger partial charge in [-0.15, -0.1) is 0 Å². The Bertz CT molecular complexity index is 1170. The number of hydrogen-bond acceptors (Lipinski definition) is 4. The van der Waals surface area contributed by atoms with E-state index in [1.165, 1.54) is 28.7 Å². The maximum absolute atomic E-state index is 13.5. The van der Waals surface area contributed by atoms with Gasteiger partial charge < -0.3 is 0 Å². The molecule has 0 spiro atoms. The first-order valence-electron chi connectivity index (χ1n) is 8.26. The standard InChI is InChI=1S/C20H14FN3O2S/c21-16-2-1-3-17(10-16)27(25,26)24-9-8-18-19(12-23-13-20(18)24)15-6-4-14(11-22)5-7-15/h1-7,10,12-13H,8-9H2. The van der Waals surface area contributed by atoms with Crippen molar-refractivity contribution in [1.29, 1.82) is 5.26 Å². The lowest BCUT2D eigenvalue weighted by molar-refractivity contribution is 0.587. The highest BCUT2D eigenvalue weighted by Gasteiger charge is 2.32. The summed E-state index contributed by atoms with van der Waals surface area (Å²) in [6.07, 6.45) is 3.74. The second-order valence-electron chi connectivity index (χ2n) is 6.16. The van der Waals surface area contributed by atoms with Gasteiger partial charge in [-0.2, -0.15) is 5.26 Å². The second-order valence-corrected chi connectivity index (χ2v) is 8.02. The molecule has 4 rings (SSSR count). The van der Waals surface area contributed by atoms with Gasteiger partial charge in [-0.1, -0.05) is 18.2 Å². The zero-order valence-corrected chi connectivity index (χ0v) is 14.9. The van der Waals surface area contributed by atoms with E-state index < -0.39 is 15.8 Å². The summed E-state index contributed by atoms with van der Waals surface area (Å²) in [4.78, 5) is 4.12. The zero-order chi connectivity index (χ0) is 19.0. The number of aromatic nitrogens is 1. The lowest BCUT2D eigenvalue weighted by Gasteiger charge is -2.19. The minimum absolute atomic E-state index is 0.0841. The molecule has 0 N–H and O–H groups in total. The van der Waals surface area contributed by atoms with Crippen LogP contribution in [-0.2, 0) is 16.4 Å². The van der Waals surface area contributed by atoms with Gasteiger partial charge >= 0.3 is 0 Å². The number of rotatable bonds is 3. The van der Waals surface area contributed by atoms with Crippen LogP contribution >= 0.6 is 0 Å². The van der Waals surface area contributed by atoms with E-state index in [9.17, 15) is 12.8 Å². The molecule has 0 aliphatic carbocycles. The number of anilines is 1. The van der Waals surface area contributed by atoms with Gasteiger partial charge in [0.15, 0.2) is 0 Å². The van der Waals surface area contributed by atoms with Crippen molar-refractivity contribution in [3.63, 3.8) is 0 Å². The fraction of sp³-hybridized carbons (Fsp3) is 0.100. The van der Waals surface area contributed by atoms with Crippen molar-refractivity contribution in [2.24, 2.45) is 0 Å². The van der Waals surface area contributed by atoms with Gasteiger partial charge in [0.2, 0.25) is 0 Å². The number of nitrogens with zero attached hydrogens (tertiary/aromatic N) is 3. The zero-order valence-electron chi connectivity index (χ0n) is 14.1. The van der Waals surface area contributed by atoms with Crippen molar-refractivity contribution >= 4 is 15.7 Å². The van der Waals surface area contributed by atoms with Crippen LogP contribution in [0.2, 0.25) is 0 Å². The van der Waals surface area contributed by atoms with Crippen LogP contribution in [0.4, 0.5) is 10.1 Å². The van der Waals surface area contributed by atoms with Crippen molar-refractivity contribution in [2.45, 2.75) is 11.3 Å². The summed E-state index contributed by atoms with van der Waals surface area (Å²) in [5.41, 5.74) is 3.61. The molecule has 5 nitrogen and oxygen atoms in total. The third kappa shape index (κ3) is 2.94. The molecule has 0 amide bonds. The lowest BCUT2D eigenvalue weighted by atomic mass is 9.99. The summed E-state index contributed by atoms with van der Waals surface area (Å²) >= 11 is 0. The SMILES string of the molecule is N#Cc1ccc(-c2cncc3c2CCN3S(=O)(=O)c2cccc(F)c2)cc1. The predicted octanol–water partition coefficient (Wildman–Crippen LogP) is 3.51. The minimum Gasteiger partial charge on any atom is -0.264 e. The average Bonchev–Trinajstić information content (AvgIpc) is 3.13. The van der Waals surface area contributed by atoms with E-state index >= 15 is 0 Å². The maximum atomic E-state index is 13.5. The number of nitriles is 1. The summed E-state index contributed by atoms with van der Waals surface area (Å²) < 4.78 is 40.7. The minimum atomic E-state index is -3.87. The molecule has 0 fully saturated rings. The van der Waals surface area contributed by atoms with Crippen LogP contribution in [-0.4, -0.2) is 19.9 Å². The molecule has 0 bridgehead atoms. The first-order valence-corrected chi connectivity index (χ1v) is 9.70. The summed E-state index contributed by atoms with van der Waals surface area (Å²) in [5.74, 6) is -0.597. The highest BCUT2D eigenvalue weighted by molar-refractivity contribution is 7.92. The first kappa shape index (κ1) is 17.2. The van der Waals surface area contributed by atoms with Crippen molar-refractivity contribution in [2.75, 3.05) is 10.8 Å². The van der Waals surface area contributed by atoms with E-state index in [-0.39, 0.29) is 11.4 Å². The molecule has 0 unspecified atom stereocenters. The molecule has 2 heterocycles. The maximum Gasteiger partial charge on any atom is 0.264 e. The molecule has 3 aromatic rings. The van der Waals surface area contributed by atoms with Gasteiger partial charge in [0.25, 0.3) is 10.0 Å². The van der Waals surface area contributed by atoms with E-state index in [0.717, 1.165) is 22.8 Å². The molecule has 0 radical (unpaired) electrons. The monoisotopic (exact) mass is 379 g/mol. The molecule has 2 aromatic carbocycles. The Morgan fingerprint density at radius 2 is 1.89 bits per heavy atom. The number of benzene rings is 2. The molecule has 1 aliphatic rings. The quantitative estimate of drug-likeness (QED) is 0.698. The largest absolute Gasteiger partial charge is 0.264 e. The third-order valence-corrected chi connectivity index (χ3v) is 6.39. The molecule has 0 saturated heterocycles. The number of halogens is 1. The normalized spacial score (nSPS) is 13.3. The van der Waals surface area contributed by atoms with Crippen LogP contribution in [0.15, 0.2) is 65.8 Å². The van der Waals surface area contributed by atoms with Crippen LogP contribution in [0.25, 0.3) is 11.1 Å². The molecular formula is C20H14FN3O2S. The fourth-order valence-corrected chi connectivity index (χ4v) is 4.78. The Morgan fingerprint density at radius 3 is 2.59 bits per heavy atom. The summed E-state index contributed by atoms with van der Waals surface area (Å²) in [5, 5.41) is 8.94. The Hall–Kier alpha value is -3.24. The van der Waals surface area contributed by atoms with Crippen LogP contribution in [0, 0.1) is 17.1 Å². The molecule has 1 aromatic heterocycles. The molecule has 134 valence electrons. The smallest absolute Gasteiger partial charge is 0.264 e. The van der Waals surface area contributed by atoms with E-state index in [2.05, 4.69) is 11.1 Å². The number of fused-ring (bicyclic) bond motifs is 1. The second kappa shape index (κ2) is 6.49. The first-order chi connectivity index (χ1) is 13.0. The van der Waals surface area contributed by atoms with E-state index in [1.807, 2.05) is 12.1 Å². The van der Waals surface area contributed by atoms with Gasteiger partial charge in [0.1, 0.15) is 5.82 Å². The molecule has 1 aliphatic heterocycles. The molecule has 27 heavy (non-hydrogen) atoms. The Balaban J connectivity index is 1.78. The Kier molecular flexibility index (Phi) is 4.13. The van der Waals surface area contributed by atoms with Crippen LogP contribution < -0.4 is 4.31 Å². The van der Waals surface area contributed by atoms with E-state index in [1.54, 1.807) is 18.3 Å². The summed E-state index contributed by atoms with van der Waals surface area (Å²) in [6.45, 7) is 0.267. The van der Waals surface area contributed by atoms with E-state index in [0.29, 0.717) is 17.7 Å². The number of pyridine rings is 1. The van der Waals surface area contributed by atoms with Crippen LogP contribution in [0.3, 0.4) is 0 Å². The summed E-state index contributed by atoms with van der Waals surface area (Å²) in [7, 11) is -3.87. The van der Waals surface area contributed by atoms with E-state index in [4.69, 9.17) is 5.26 Å². The highest BCUT2D eigenvalue weighted by atomic mass is 32.2. The fourth-order valence-electron chi connectivity index (χ4n) is 3.27. The van der Waals surface area contributed by atoms with Crippen LogP contribution in [0.5, 0.6) is 0 Å². The average molecular weight is 379 g/mol. The van der Waals surface area contributed by atoms with Gasteiger partial charge in [-0.05, 0) is 47.9 Å².